The van der Waals surface area contributed by atoms with Crippen LogP contribution in [0.15, 0.2) is 24.3 Å². The Kier molecular flexibility index (Phi) is 5.73. The van der Waals surface area contributed by atoms with Gasteiger partial charge in [-0.2, -0.15) is 8.78 Å². The van der Waals surface area contributed by atoms with Gasteiger partial charge in [0.25, 0.3) is 0 Å². The number of rotatable bonds is 9. The SMILES string of the molecule is CC(NCCOCC1CC1)c1ccc(OC(F)F)cc1. The third kappa shape index (κ3) is 5.43. The summed E-state index contributed by atoms with van der Waals surface area (Å²) in [5.41, 5.74) is 1.04. The maximum Gasteiger partial charge on any atom is 0.387 e. The first-order valence-electron chi connectivity index (χ1n) is 7.01. The zero-order valence-corrected chi connectivity index (χ0v) is 11.6. The van der Waals surface area contributed by atoms with Gasteiger partial charge in [0.2, 0.25) is 0 Å². The van der Waals surface area contributed by atoms with Gasteiger partial charge in [-0.1, -0.05) is 12.1 Å². The predicted octanol–water partition coefficient (Wildman–Crippen LogP) is 3.37. The van der Waals surface area contributed by atoms with Gasteiger partial charge in [-0.3, -0.25) is 0 Å². The molecule has 2 rings (SSSR count). The Morgan fingerprint density at radius 1 is 1.25 bits per heavy atom. The quantitative estimate of drug-likeness (QED) is 0.706. The summed E-state index contributed by atoms with van der Waals surface area (Å²) in [6.07, 6.45) is 2.60. The van der Waals surface area contributed by atoms with E-state index in [1.54, 1.807) is 24.3 Å². The van der Waals surface area contributed by atoms with Crippen molar-refractivity contribution >= 4 is 0 Å². The molecule has 112 valence electrons. The number of benzene rings is 1. The number of alkyl halides is 2. The Labute approximate surface area is 118 Å². The van der Waals surface area contributed by atoms with E-state index < -0.39 is 6.61 Å². The molecule has 3 nitrogen and oxygen atoms in total. The van der Waals surface area contributed by atoms with E-state index >= 15 is 0 Å². The van der Waals surface area contributed by atoms with Crippen LogP contribution in [0.1, 0.15) is 31.4 Å². The molecule has 0 spiro atoms. The number of hydrogen-bond donors (Lipinski definition) is 1. The van der Waals surface area contributed by atoms with Crippen LogP contribution in [0.5, 0.6) is 5.75 Å². The topological polar surface area (TPSA) is 30.5 Å². The Bertz CT molecular complexity index is 393. The maximum atomic E-state index is 12.0. The van der Waals surface area contributed by atoms with Crippen molar-refractivity contribution in [2.75, 3.05) is 19.8 Å². The first kappa shape index (κ1) is 15.2. The van der Waals surface area contributed by atoms with Crippen molar-refractivity contribution in [1.82, 2.24) is 5.32 Å². The molecule has 1 fully saturated rings. The molecule has 0 saturated heterocycles. The van der Waals surface area contributed by atoms with E-state index in [1.165, 1.54) is 12.8 Å². The Balaban J connectivity index is 1.66. The van der Waals surface area contributed by atoms with Gasteiger partial charge in [-0.05, 0) is 43.4 Å². The summed E-state index contributed by atoms with van der Waals surface area (Å²) >= 11 is 0. The normalized spacial score (nSPS) is 16.4. The Morgan fingerprint density at radius 2 is 1.95 bits per heavy atom. The van der Waals surface area contributed by atoms with Crippen LogP contribution in [0.4, 0.5) is 8.78 Å². The van der Waals surface area contributed by atoms with E-state index in [-0.39, 0.29) is 11.8 Å². The minimum atomic E-state index is -2.78. The molecule has 1 unspecified atom stereocenters. The summed E-state index contributed by atoms with van der Waals surface area (Å²) in [6, 6.07) is 6.85. The molecule has 0 bridgehead atoms. The molecule has 0 radical (unpaired) electrons. The minimum absolute atomic E-state index is 0.153. The average Bonchev–Trinajstić information content (AvgIpc) is 3.22. The van der Waals surface area contributed by atoms with Crippen LogP contribution in [-0.2, 0) is 4.74 Å². The van der Waals surface area contributed by atoms with E-state index in [9.17, 15) is 8.78 Å². The molecule has 20 heavy (non-hydrogen) atoms. The van der Waals surface area contributed by atoms with Crippen molar-refractivity contribution < 1.29 is 18.3 Å². The maximum absolute atomic E-state index is 12.0. The fourth-order valence-electron chi connectivity index (χ4n) is 1.94. The molecule has 1 N–H and O–H groups in total. The molecule has 1 saturated carbocycles. The van der Waals surface area contributed by atoms with Gasteiger partial charge in [-0.25, -0.2) is 0 Å². The minimum Gasteiger partial charge on any atom is -0.435 e. The second kappa shape index (κ2) is 7.55. The fraction of sp³-hybridized carbons (Fsp3) is 0.600. The summed E-state index contributed by atoms with van der Waals surface area (Å²) in [5, 5.41) is 3.34. The molecule has 0 amide bonds. The number of halogens is 2. The van der Waals surface area contributed by atoms with Crippen LogP contribution >= 0.6 is 0 Å². The van der Waals surface area contributed by atoms with Gasteiger partial charge in [0.05, 0.1) is 6.61 Å². The van der Waals surface area contributed by atoms with Gasteiger partial charge in [0, 0.05) is 19.2 Å². The third-order valence-electron chi connectivity index (χ3n) is 3.35. The number of hydrogen-bond acceptors (Lipinski definition) is 3. The lowest BCUT2D eigenvalue weighted by atomic mass is 10.1. The van der Waals surface area contributed by atoms with Crippen LogP contribution in [0.25, 0.3) is 0 Å². The largest absolute Gasteiger partial charge is 0.435 e. The summed E-state index contributed by atoms with van der Waals surface area (Å²) in [5.74, 6) is 0.971. The first-order chi connectivity index (χ1) is 9.65. The van der Waals surface area contributed by atoms with E-state index in [0.29, 0.717) is 6.61 Å². The number of ether oxygens (including phenoxy) is 2. The smallest absolute Gasteiger partial charge is 0.387 e. The average molecular weight is 285 g/mol. The highest BCUT2D eigenvalue weighted by molar-refractivity contribution is 5.28. The van der Waals surface area contributed by atoms with E-state index in [2.05, 4.69) is 10.1 Å². The van der Waals surface area contributed by atoms with Crippen molar-refractivity contribution in [1.29, 1.82) is 0 Å². The van der Waals surface area contributed by atoms with Crippen LogP contribution in [0, 0.1) is 5.92 Å². The summed E-state index contributed by atoms with van der Waals surface area (Å²) in [6.45, 7) is 1.61. The van der Waals surface area contributed by atoms with Gasteiger partial charge in [0.15, 0.2) is 0 Å². The molecule has 0 aromatic heterocycles. The molecule has 0 heterocycles. The van der Waals surface area contributed by atoms with Gasteiger partial charge in [-0.15, -0.1) is 0 Å². The molecular formula is C15H21F2NO2. The van der Waals surface area contributed by atoms with E-state index in [1.807, 2.05) is 6.92 Å². The monoisotopic (exact) mass is 285 g/mol. The second-order valence-corrected chi connectivity index (χ2v) is 5.14. The standard InChI is InChI=1S/C15H21F2NO2/c1-11(18-8-9-19-10-12-2-3-12)13-4-6-14(7-5-13)20-15(16)17/h4-7,11-12,15,18H,2-3,8-10H2,1H3. The molecule has 1 aliphatic carbocycles. The second-order valence-electron chi connectivity index (χ2n) is 5.14. The highest BCUT2D eigenvalue weighted by atomic mass is 19.3. The summed E-state index contributed by atoms with van der Waals surface area (Å²) in [7, 11) is 0. The lowest BCUT2D eigenvalue weighted by Gasteiger charge is -2.15. The Morgan fingerprint density at radius 3 is 2.55 bits per heavy atom. The van der Waals surface area contributed by atoms with Gasteiger partial charge < -0.3 is 14.8 Å². The summed E-state index contributed by atoms with van der Waals surface area (Å²) < 4.78 is 33.9. The van der Waals surface area contributed by atoms with Crippen LogP contribution in [0.3, 0.4) is 0 Å². The van der Waals surface area contributed by atoms with Gasteiger partial charge in [0.1, 0.15) is 5.75 Å². The lowest BCUT2D eigenvalue weighted by Crippen LogP contribution is -2.23. The van der Waals surface area contributed by atoms with Crippen LogP contribution in [-0.4, -0.2) is 26.4 Å². The first-order valence-corrected chi connectivity index (χ1v) is 7.01. The van der Waals surface area contributed by atoms with Crippen LogP contribution < -0.4 is 10.1 Å². The van der Waals surface area contributed by atoms with Crippen molar-refractivity contribution in [2.24, 2.45) is 5.92 Å². The van der Waals surface area contributed by atoms with Crippen molar-refractivity contribution in [3.8, 4) is 5.75 Å². The van der Waals surface area contributed by atoms with E-state index in [4.69, 9.17) is 4.74 Å². The van der Waals surface area contributed by atoms with Crippen molar-refractivity contribution in [2.45, 2.75) is 32.4 Å². The third-order valence-corrected chi connectivity index (χ3v) is 3.35. The highest BCUT2D eigenvalue weighted by Crippen LogP contribution is 2.28. The molecule has 1 aromatic carbocycles. The molecule has 1 aromatic rings. The molecule has 1 aliphatic rings. The zero-order valence-electron chi connectivity index (χ0n) is 11.6. The van der Waals surface area contributed by atoms with Crippen LogP contribution in [0.2, 0.25) is 0 Å². The van der Waals surface area contributed by atoms with Crippen molar-refractivity contribution in [3.63, 3.8) is 0 Å². The van der Waals surface area contributed by atoms with Crippen molar-refractivity contribution in [3.05, 3.63) is 29.8 Å². The molecule has 5 heteroatoms. The summed E-state index contributed by atoms with van der Waals surface area (Å²) in [4.78, 5) is 0. The highest BCUT2D eigenvalue weighted by Gasteiger charge is 2.20. The lowest BCUT2D eigenvalue weighted by molar-refractivity contribution is -0.0498. The molecule has 1 atom stereocenters. The zero-order chi connectivity index (χ0) is 14.4. The predicted molar refractivity (Wildman–Crippen MR) is 73.0 cm³/mol. The fourth-order valence-corrected chi connectivity index (χ4v) is 1.94. The van der Waals surface area contributed by atoms with E-state index in [0.717, 1.165) is 24.6 Å². The molecule has 0 aliphatic heterocycles. The van der Waals surface area contributed by atoms with Gasteiger partial charge >= 0.3 is 6.61 Å². The molecular weight excluding hydrogens is 264 g/mol. The number of nitrogens with one attached hydrogen (secondary N) is 1. The Hall–Kier alpha value is -1.20.